The normalized spacial score (nSPS) is 12.5. The van der Waals surface area contributed by atoms with Gasteiger partial charge in [0.05, 0.1) is 18.3 Å². The van der Waals surface area contributed by atoms with Crippen LogP contribution in [0.5, 0.6) is 0 Å². The summed E-state index contributed by atoms with van der Waals surface area (Å²) in [4.78, 5) is 47.7. The van der Waals surface area contributed by atoms with E-state index in [1.165, 1.54) is 26.8 Å². The van der Waals surface area contributed by atoms with E-state index in [-0.39, 0.29) is 30.6 Å². The van der Waals surface area contributed by atoms with Gasteiger partial charge >= 0.3 is 5.76 Å². The third kappa shape index (κ3) is 3.78. The molecular formula is C20H21N5O4S. The number of amides is 1. The SMILES string of the molecule is CCc1cc2c(=O)n(CC(=O)N[C@@H](CC)Cn3c(=O)oc4cccnc43)cnc2s1. The fourth-order valence-electron chi connectivity index (χ4n) is 3.28. The second kappa shape index (κ2) is 8.23. The summed E-state index contributed by atoms with van der Waals surface area (Å²) in [5.74, 6) is -0.851. The lowest BCUT2D eigenvalue weighted by molar-refractivity contribution is -0.122. The average Bonchev–Trinajstić information content (AvgIpc) is 3.31. The van der Waals surface area contributed by atoms with Gasteiger partial charge in [-0.05, 0) is 31.0 Å². The lowest BCUT2D eigenvalue weighted by atomic mass is 10.2. The van der Waals surface area contributed by atoms with E-state index in [9.17, 15) is 14.4 Å². The highest BCUT2D eigenvalue weighted by atomic mass is 32.1. The summed E-state index contributed by atoms with van der Waals surface area (Å²) < 4.78 is 7.90. The minimum Gasteiger partial charge on any atom is -0.406 e. The van der Waals surface area contributed by atoms with Crippen LogP contribution in [0.1, 0.15) is 25.1 Å². The van der Waals surface area contributed by atoms with E-state index in [0.29, 0.717) is 27.9 Å². The van der Waals surface area contributed by atoms with Gasteiger partial charge in [0, 0.05) is 17.1 Å². The molecule has 10 heteroatoms. The highest BCUT2D eigenvalue weighted by molar-refractivity contribution is 7.18. The standard InChI is InChI=1S/C20H21N5O4S/c1-3-12(9-25-17-15(29-20(25)28)6-5-7-21-17)23-16(26)10-24-11-22-18-14(19(24)27)8-13(4-2)30-18/h5-8,11-12H,3-4,9-10H2,1-2H3,(H,23,26)/t12-/m0/s1. The van der Waals surface area contributed by atoms with Gasteiger partial charge in [0.25, 0.3) is 5.56 Å². The van der Waals surface area contributed by atoms with E-state index >= 15 is 0 Å². The number of oxazole rings is 1. The molecule has 4 aromatic heterocycles. The first-order chi connectivity index (χ1) is 14.5. The number of pyridine rings is 1. The van der Waals surface area contributed by atoms with Crippen LogP contribution in [0.25, 0.3) is 21.4 Å². The Balaban J connectivity index is 1.50. The fourth-order valence-corrected chi connectivity index (χ4v) is 4.21. The van der Waals surface area contributed by atoms with E-state index in [2.05, 4.69) is 15.3 Å². The average molecular weight is 427 g/mol. The van der Waals surface area contributed by atoms with Gasteiger partial charge in [0.1, 0.15) is 11.4 Å². The van der Waals surface area contributed by atoms with Crippen LogP contribution in [0.2, 0.25) is 0 Å². The summed E-state index contributed by atoms with van der Waals surface area (Å²) in [5.41, 5.74) is 0.600. The molecule has 1 atom stereocenters. The van der Waals surface area contributed by atoms with Crippen molar-refractivity contribution in [2.45, 2.75) is 45.8 Å². The number of nitrogens with zero attached hydrogens (tertiary/aromatic N) is 4. The highest BCUT2D eigenvalue weighted by Crippen LogP contribution is 2.20. The second-order valence-corrected chi connectivity index (χ2v) is 8.05. The van der Waals surface area contributed by atoms with Crippen molar-refractivity contribution in [2.75, 3.05) is 0 Å². The molecular weight excluding hydrogens is 406 g/mol. The van der Waals surface area contributed by atoms with Crippen LogP contribution in [0, 0.1) is 0 Å². The number of aromatic nitrogens is 4. The molecule has 30 heavy (non-hydrogen) atoms. The van der Waals surface area contributed by atoms with Crippen LogP contribution < -0.4 is 16.6 Å². The number of nitrogens with one attached hydrogen (secondary N) is 1. The number of hydrogen-bond donors (Lipinski definition) is 1. The molecule has 0 aliphatic heterocycles. The molecule has 4 heterocycles. The number of aryl methyl sites for hydroxylation is 1. The number of rotatable bonds is 7. The van der Waals surface area contributed by atoms with Gasteiger partial charge in [-0.3, -0.25) is 18.7 Å². The Labute approximate surface area is 175 Å². The zero-order chi connectivity index (χ0) is 21.3. The second-order valence-electron chi connectivity index (χ2n) is 6.94. The maximum Gasteiger partial charge on any atom is 0.421 e. The molecule has 0 aliphatic carbocycles. The molecule has 0 fully saturated rings. The number of hydrogen-bond acceptors (Lipinski definition) is 7. The predicted octanol–water partition coefficient (Wildman–Crippen LogP) is 1.92. The van der Waals surface area contributed by atoms with Crippen molar-refractivity contribution < 1.29 is 9.21 Å². The Morgan fingerprint density at radius 3 is 2.90 bits per heavy atom. The summed E-state index contributed by atoms with van der Waals surface area (Å²) in [7, 11) is 0. The lowest BCUT2D eigenvalue weighted by Gasteiger charge is -2.17. The van der Waals surface area contributed by atoms with Crippen LogP contribution in [-0.4, -0.2) is 31.1 Å². The Kier molecular flexibility index (Phi) is 5.49. The Hall–Kier alpha value is -3.27. The van der Waals surface area contributed by atoms with E-state index in [4.69, 9.17) is 4.42 Å². The van der Waals surface area contributed by atoms with E-state index in [0.717, 1.165) is 11.3 Å². The molecule has 1 N–H and O–H groups in total. The third-order valence-corrected chi connectivity index (χ3v) is 6.10. The first kappa shape index (κ1) is 20.0. The van der Waals surface area contributed by atoms with Gasteiger partial charge in [-0.15, -0.1) is 11.3 Å². The molecule has 0 saturated heterocycles. The minimum atomic E-state index is -0.522. The monoisotopic (exact) mass is 427 g/mol. The lowest BCUT2D eigenvalue weighted by Crippen LogP contribution is -2.42. The summed E-state index contributed by atoms with van der Waals surface area (Å²) in [5, 5.41) is 3.41. The largest absolute Gasteiger partial charge is 0.421 e. The molecule has 4 aromatic rings. The first-order valence-electron chi connectivity index (χ1n) is 9.71. The van der Waals surface area contributed by atoms with Gasteiger partial charge in [0.2, 0.25) is 5.91 Å². The predicted molar refractivity (Wildman–Crippen MR) is 114 cm³/mol. The molecule has 0 saturated carbocycles. The molecule has 9 nitrogen and oxygen atoms in total. The molecule has 4 rings (SSSR count). The van der Waals surface area contributed by atoms with Crippen molar-refractivity contribution in [3.63, 3.8) is 0 Å². The van der Waals surface area contributed by atoms with Gasteiger partial charge in [-0.25, -0.2) is 14.8 Å². The molecule has 0 radical (unpaired) electrons. The topological polar surface area (TPSA) is 112 Å². The van der Waals surface area contributed by atoms with Gasteiger partial charge in [0.15, 0.2) is 11.2 Å². The van der Waals surface area contributed by atoms with Crippen LogP contribution in [0.4, 0.5) is 0 Å². The van der Waals surface area contributed by atoms with Crippen LogP contribution in [0.3, 0.4) is 0 Å². The highest BCUT2D eigenvalue weighted by Gasteiger charge is 2.18. The van der Waals surface area contributed by atoms with Gasteiger partial charge in [-0.2, -0.15) is 0 Å². The molecule has 0 aromatic carbocycles. The quantitative estimate of drug-likeness (QED) is 0.482. The smallest absolute Gasteiger partial charge is 0.406 e. The van der Waals surface area contributed by atoms with Crippen molar-refractivity contribution in [1.29, 1.82) is 0 Å². The van der Waals surface area contributed by atoms with Crippen molar-refractivity contribution >= 4 is 38.7 Å². The van der Waals surface area contributed by atoms with Gasteiger partial charge < -0.3 is 9.73 Å². The van der Waals surface area contributed by atoms with Crippen molar-refractivity contribution in [3.8, 4) is 0 Å². The number of thiophene rings is 1. The number of fused-ring (bicyclic) bond motifs is 2. The van der Waals surface area contributed by atoms with Crippen molar-refractivity contribution in [2.24, 2.45) is 0 Å². The van der Waals surface area contributed by atoms with Crippen LogP contribution in [0.15, 0.2) is 44.7 Å². The minimum absolute atomic E-state index is 0.144. The third-order valence-electron chi connectivity index (χ3n) is 4.92. The van der Waals surface area contributed by atoms with E-state index in [1.807, 2.05) is 19.9 Å². The maximum absolute atomic E-state index is 12.7. The van der Waals surface area contributed by atoms with Gasteiger partial charge in [-0.1, -0.05) is 13.8 Å². The Bertz CT molecular complexity index is 1330. The van der Waals surface area contributed by atoms with Crippen LogP contribution >= 0.6 is 11.3 Å². The van der Waals surface area contributed by atoms with Crippen LogP contribution in [-0.2, 0) is 24.3 Å². The Morgan fingerprint density at radius 1 is 1.30 bits per heavy atom. The maximum atomic E-state index is 12.7. The Morgan fingerprint density at radius 2 is 2.13 bits per heavy atom. The molecule has 1 amide bonds. The summed E-state index contributed by atoms with van der Waals surface area (Å²) >= 11 is 1.49. The summed E-state index contributed by atoms with van der Waals surface area (Å²) in [6.07, 6.45) is 4.40. The van der Waals surface area contributed by atoms with Crippen molar-refractivity contribution in [3.05, 3.63) is 56.5 Å². The first-order valence-corrected chi connectivity index (χ1v) is 10.5. The molecule has 0 spiro atoms. The summed E-state index contributed by atoms with van der Waals surface area (Å²) in [6.45, 7) is 4.01. The molecule has 0 bridgehead atoms. The molecule has 0 unspecified atom stereocenters. The zero-order valence-corrected chi connectivity index (χ0v) is 17.4. The van der Waals surface area contributed by atoms with E-state index in [1.54, 1.807) is 18.3 Å². The summed E-state index contributed by atoms with van der Waals surface area (Å²) in [6, 6.07) is 4.87. The molecule has 156 valence electrons. The number of carbonyl (C=O) groups is 1. The van der Waals surface area contributed by atoms with Crippen molar-refractivity contribution in [1.82, 2.24) is 24.4 Å². The zero-order valence-electron chi connectivity index (χ0n) is 16.6. The molecule has 0 aliphatic rings. The number of carbonyl (C=O) groups excluding carboxylic acids is 1. The van der Waals surface area contributed by atoms with E-state index < -0.39 is 5.76 Å². The fraction of sp³-hybridized carbons (Fsp3) is 0.350.